The van der Waals surface area contributed by atoms with Crippen LogP contribution in [0.25, 0.3) is 0 Å². The minimum Gasteiger partial charge on any atom is -0.444 e. The van der Waals surface area contributed by atoms with Gasteiger partial charge in [-0.25, -0.2) is 4.79 Å². The molecule has 0 unspecified atom stereocenters. The lowest BCUT2D eigenvalue weighted by Gasteiger charge is -2.24. The number of unbranched alkanes of at least 4 members (excludes halogenated alkanes) is 2. The van der Waals surface area contributed by atoms with Crippen molar-refractivity contribution in [1.82, 2.24) is 10.2 Å². The summed E-state index contributed by atoms with van der Waals surface area (Å²) >= 11 is 0. The smallest absolute Gasteiger partial charge is 0.410 e. The Kier molecular flexibility index (Phi) is 9.58. The van der Waals surface area contributed by atoms with Gasteiger partial charge in [0, 0.05) is 13.6 Å². The molecule has 0 fully saturated rings. The molecule has 1 N–H and O–H groups in total. The first-order chi connectivity index (χ1) is 13.4. The Balaban J connectivity index is 2.18. The van der Waals surface area contributed by atoms with Gasteiger partial charge < -0.3 is 15.0 Å². The van der Waals surface area contributed by atoms with Gasteiger partial charge in [0.15, 0.2) is 0 Å². The molecule has 0 saturated carbocycles. The standard InChI is InChI=1S/C20H32N2O6S/c1-16-9-11-17(12-10-16)29(25,26)27-14-8-6-7-13-21-18(23)15-22(5)19(24)28-20(2,3)4/h9-12H,6-8,13-15H2,1-5H3,(H,21,23). The maximum absolute atomic E-state index is 12.0. The summed E-state index contributed by atoms with van der Waals surface area (Å²) < 4.78 is 34.3. The van der Waals surface area contributed by atoms with E-state index in [1.807, 2.05) is 6.92 Å². The molecular weight excluding hydrogens is 396 g/mol. The Labute approximate surface area is 173 Å². The third kappa shape index (κ3) is 10.3. The highest BCUT2D eigenvalue weighted by Gasteiger charge is 2.21. The lowest BCUT2D eigenvalue weighted by atomic mass is 10.2. The molecule has 0 spiro atoms. The fraction of sp³-hybridized carbons (Fsp3) is 0.600. The molecular formula is C20H32N2O6S. The summed E-state index contributed by atoms with van der Waals surface area (Å²) in [5.41, 5.74) is 0.361. The van der Waals surface area contributed by atoms with Crippen LogP contribution in [-0.2, 0) is 23.8 Å². The summed E-state index contributed by atoms with van der Waals surface area (Å²) in [6, 6.07) is 6.49. The Bertz CT molecular complexity index is 769. The fourth-order valence-electron chi connectivity index (χ4n) is 2.25. The van der Waals surface area contributed by atoms with Gasteiger partial charge in [-0.15, -0.1) is 0 Å². The molecule has 164 valence electrons. The van der Waals surface area contributed by atoms with E-state index in [2.05, 4.69) is 5.32 Å². The van der Waals surface area contributed by atoms with Crippen LogP contribution in [-0.4, -0.2) is 57.7 Å². The molecule has 0 atom stereocenters. The number of aryl methyl sites for hydroxylation is 1. The van der Waals surface area contributed by atoms with Gasteiger partial charge in [-0.3, -0.25) is 8.98 Å². The zero-order valence-corrected chi connectivity index (χ0v) is 18.7. The van der Waals surface area contributed by atoms with Gasteiger partial charge in [-0.05, 0) is 59.1 Å². The van der Waals surface area contributed by atoms with Crippen molar-refractivity contribution in [2.45, 2.75) is 57.5 Å². The number of benzene rings is 1. The SMILES string of the molecule is Cc1ccc(S(=O)(=O)OCCCCCNC(=O)CN(C)C(=O)OC(C)(C)C)cc1. The predicted molar refractivity (Wildman–Crippen MR) is 110 cm³/mol. The predicted octanol–water partition coefficient (Wildman–Crippen LogP) is 2.85. The summed E-state index contributed by atoms with van der Waals surface area (Å²) in [5, 5.41) is 2.72. The fourth-order valence-corrected chi connectivity index (χ4v) is 3.19. The number of ether oxygens (including phenoxy) is 1. The van der Waals surface area contributed by atoms with Gasteiger partial charge in [-0.1, -0.05) is 17.7 Å². The zero-order chi connectivity index (χ0) is 22.1. The van der Waals surface area contributed by atoms with E-state index in [1.165, 1.54) is 24.1 Å². The van der Waals surface area contributed by atoms with Gasteiger partial charge >= 0.3 is 6.09 Å². The lowest BCUT2D eigenvalue weighted by molar-refractivity contribution is -0.122. The highest BCUT2D eigenvalue weighted by atomic mass is 32.2. The monoisotopic (exact) mass is 428 g/mol. The van der Waals surface area contributed by atoms with Crippen LogP contribution in [0.2, 0.25) is 0 Å². The van der Waals surface area contributed by atoms with Gasteiger partial charge in [0.25, 0.3) is 10.1 Å². The first kappa shape index (κ1) is 24.9. The molecule has 9 heteroatoms. The molecule has 0 aliphatic carbocycles. The average molecular weight is 429 g/mol. The summed E-state index contributed by atoms with van der Waals surface area (Å²) in [6.07, 6.45) is 1.37. The number of carbonyl (C=O) groups excluding carboxylic acids is 2. The number of rotatable bonds is 10. The van der Waals surface area contributed by atoms with Crippen molar-refractivity contribution in [3.05, 3.63) is 29.8 Å². The number of hydrogen-bond acceptors (Lipinski definition) is 6. The summed E-state index contributed by atoms with van der Waals surface area (Å²) in [7, 11) is -2.24. The van der Waals surface area contributed by atoms with E-state index < -0.39 is 21.8 Å². The third-order valence-corrected chi connectivity index (χ3v) is 5.10. The lowest BCUT2D eigenvalue weighted by Crippen LogP contribution is -2.41. The first-order valence-corrected chi connectivity index (χ1v) is 11.0. The number of amides is 2. The van der Waals surface area contributed by atoms with E-state index in [9.17, 15) is 18.0 Å². The number of nitrogens with one attached hydrogen (secondary N) is 1. The molecule has 2 amide bonds. The summed E-state index contributed by atoms with van der Waals surface area (Å²) in [4.78, 5) is 25.0. The molecule has 0 saturated heterocycles. The molecule has 0 aromatic heterocycles. The van der Waals surface area contributed by atoms with Crippen LogP contribution in [0.5, 0.6) is 0 Å². The van der Waals surface area contributed by atoms with Gasteiger partial charge in [0.2, 0.25) is 5.91 Å². The topological polar surface area (TPSA) is 102 Å². The van der Waals surface area contributed by atoms with Crippen LogP contribution < -0.4 is 5.32 Å². The average Bonchev–Trinajstić information content (AvgIpc) is 2.59. The van der Waals surface area contributed by atoms with Gasteiger partial charge in [0.05, 0.1) is 11.5 Å². The van der Waals surface area contributed by atoms with E-state index >= 15 is 0 Å². The van der Waals surface area contributed by atoms with Gasteiger partial charge in [-0.2, -0.15) is 8.42 Å². The molecule has 0 radical (unpaired) electrons. The largest absolute Gasteiger partial charge is 0.444 e. The highest BCUT2D eigenvalue weighted by molar-refractivity contribution is 7.86. The summed E-state index contributed by atoms with van der Waals surface area (Å²) in [5.74, 6) is -0.281. The quantitative estimate of drug-likeness (QED) is 0.454. The first-order valence-electron chi connectivity index (χ1n) is 9.57. The second-order valence-electron chi connectivity index (χ2n) is 7.84. The normalized spacial score (nSPS) is 11.8. The van der Waals surface area contributed by atoms with E-state index in [-0.39, 0.29) is 24.0 Å². The van der Waals surface area contributed by atoms with Crippen molar-refractivity contribution in [1.29, 1.82) is 0 Å². The van der Waals surface area contributed by atoms with E-state index in [4.69, 9.17) is 8.92 Å². The maximum atomic E-state index is 12.0. The Hall–Kier alpha value is -2.13. The van der Waals surface area contributed by atoms with Crippen molar-refractivity contribution in [3.8, 4) is 0 Å². The number of carbonyl (C=O) groups is 2. The summed E-state index contributed by atoms with van der Waals surface area (Å²) in [6.45, 7) is 7.59. The maximum Gasteiger partial charge on any atom is 0.410 e. The Morgan fingerprint density at radius 3 is 2.28 bits per heavy atom. The molecule has 0 aliphatic heterocycles. The van der Waals surface area contributed by atoms with Crippen LogP contribution in [0.3, 0.4) is 0 Å². The highest BCUT2D eigenvalue weighted by Crippen LogP contribution is 2.14. The molecule has 1 rings (SSSR count). The molecule has 29 heavy (non-hydrogen) atoms. The van der Waals surface area contributed by atoms with Crippen LogP contribution in [0.4, 0.5) is 4.79 Å². The van der Waals surface area contributed by atoms with E-state index in [1.54, 1.807) is 32.9 Å². The van der Waals surface area contributed by atoms with Crippen molar-refractivity contribution in [2.24, 2.45) is 0 Å². The number of hydrogen-bond donors (Lipinski definition) is 1. The number of likely N-dealkylation sites (N-methyl/N-ethyl adjacent to an activating group) is 1. The Morgan fingerprint density at radius 1 is 1.07 bits per heavy atom. The second kappa shape index (κ2) is 11.2. The second-order valence-corrected chi connectivity index (χ2v) is 9.45. The molecule has 1 aromatic carbocycles. The number of nitrogens with zero attached hydrogens (tertiary/aromatic N) is 1. The van der Waals surface area contributed by atoms with Crippen molar-refractivity contribution >= 4 is 22.1 Å². The molecule has 8 nitrogen and oxygen atoms in total. The minimum absolute atomic E-state index is 0.0888. The van der Waals surface area contributed by atoms with E-state index in [0.29, 0.717) is 25.8 Å². The van der Waals surface area contributed by atoms with E-state index in [0.717, 1.165) is 5.56 Å². The molecule has 1 aromatic rings. The van der Waals surface area contributed by atoms with Crippen LogP contribution in [0, 0.1) is 6.92 Å². The van der Waals surface area contributed by atoms with Crippen molar-refractivity contribution < 1.29 is 26.9 Å². The zero-order valence-electron chi connectivity index (χ0n) is 17.9. The minimum atomic E-state index is -3.74. The molecule has 0 heterocycles. The van der Waals surface area contributed by atoms with Crippen LogP contribution in [0.15, 0.2) is 29.2 Å². The van der Waals surface area contributed by atoms with Crippen molar-refractivity contribution in [2.75, 3.05) is 26.7 Å². The van der Waals surface area contributed by atoms with Gasteiger partial charge in [0.1, 0.15) is 12.1 Å². The van der Waals surface area contributed by atoms with Crippen molar-refractivity contribution in [3.63, 3.8) is 0 Å². The van der Waals surface area contributed by atoms with Crippen LogP contribution in [0.1, 0.15) is 45.6 Å². The molecule has 0 bridgehead atoms. The van der Waals surface area contributed by atoms with Crippen LogP contribution >= 0.6 is 0 Å². The molecule has 0 aliphatic rings. The third-order valence-electron chi connectivity index (χ3n) is 3.78. The Morgan fingerprint density at radius 2 is 1.69 bits per heavy atom.